The van der Waals surface area contributed by atoms with Crippen LogP contribution in [0.5, 0.6) is 0 Å². The molecule has 0 aliphatic carbocycles. The molecule has 4 heteroatoms. The second-order valence-electron chi connectivity index (χ2n) is 3.72. The smallest absolute Gasteiger partial charge is 0.195 e. The van der Waals surface area contributed by atoms with Crippen molar-refractivity contribution in [3.05, 3.63) is 51.7 Å². The van der Waals surface area contributed by atoms with E-state index in [4.69, 9.17) is 0 Å². The number of hydrogen-bond acceptors (Lipinski definition) is 4. The Balaban J connectivity index is 1.90. The van der Waals surface area contributed by atoms with Crippen LogP contribution >= 0.6 is 22.7 Å². The van der Waals surface area contributed by atoms with Crippen LogP contribution < -0.4 is 0 Å². The molecule has 0 saturated heterocycles. The normalized spacial score (nSPS) is 10.8. The summed E-state index contributed by atoms with van der Waals surface area (Å²) in [6.45, 7) is 0. The number of Topliss-reactive ketones (excluding diaryl/α,β-unsaturated/α-hetero) is 1. The van der Waals surface area contributed by atoms with E-state index < -0.39 is 0 Å². The molecular weight excluding hydrogens is 250 g/mol. The van der Waals surface area contributed by atoms with Crippen LogP contribution in [0.1, 0.15) is 15.4 Å². The molecule has 0 bridgehead atoms. The minimum absolute atomic E-state index is 0.101. The fourth-order valence-electron chi connectivity index (χ4n) is 1.65. The topological polar surface area (TPSA) is 30.0 Å². The first-order valence-electron chi connectivity index (χ1n) is 5.23. The van der Waals surface area contributed by atoms with Crippen molar-refractivity contribution in [2.45, 2.75) is 6.42 Å². The number of thiazole rings is 1. The molecule has 17 heavy (non-hydrogen) atoms. The third kappa shape index (κ3) is 2.14. The van der Waals surface area contributed by atoms with Crippen molar-refractivity contribution in [3.8, 4) is 0 Å². The molecule has 2 aromatic heterocycles. The van der Waals surface area contributed by atoms with Crippen LogP contribution in [0.3, 0.4) is 0 Å². The van der Waals surface area contributed by atoms with E-state index in [1.807, 2.05) is 41.1 Å². The molecule has 0 fully saturated rings. The van der Waals surface area contributed by atoms with Crippen LogP contribution in [0.25, 0.3) is 10.2 Å². The highest BCUT2D eigenvalue weighted by molar-refractivity contribution is 7.20. The molecule has 84 valence electrons. The van der Waals surface area contributed by atoms with Crippen LogP contribution in [0.2, 0.25) is 0 Å². The number of aromatic nitrogens is 1. The van der Waals surface area contributed by atoms with Gasteiger partial charge in [-0.05, 0) is 34.5 Å². The summed E-state index contributed by atoms with van der Waals surface area (Å²) < 4.78 is 1.07. The third-order valence-corrected chi connectivity index (χ3v) is 4.29. The minimum atomic E-state index is 0.101. The molecule has 2 nitrogen and oxygen atoms in total. The number of para-hydroxylation sites is 1. The molecule has 1 aromatic carbocycles. The molecule has 0 aliphatic heterocycles. The van der Waals surface area contributed by atoms with Crippen LogP contribution in [-0.4, -0.2) is 10.8 Å². The van der Waals surface area contributed by atoms with E-state index in [2.05, 4.69) is 4.98 Å². The zero-order valence-electron chi connectivity index (χ0n) is 8.92. The average molecular weight is 259 g/mol. The number of benzene rings is 1. The van der Waals surface area contributed by atoms with Gasteiger partial charge in [0.2, 0.25) is 0 Å². The van der Waals surface area contributed by atoms with Gasteiger partial charge in [0.05, 0.1) is 10.2 Å². The Morgan fingerprint density at radius 1 is 1.24 bits per heavy atom. The fourth-order valence-corrected chi connectivity index (χ4v) is 3.22. The van der Waals surface area contributed by atoms with Crippen molar-refractivity contribution in [1.82, 2.24) is 4.98 Å². The maximum atomic E-state index is 12.0. The van der Waals surface area contributed by atoms with E-state index in [1.165, 1.54) is 11.3 Å². The number of thiophene rings is 1. The van der Waals surface area contributed by atoms with Crippen molar-refractivity contribution in [3.63, 3.8) is 0 Å². The van der Waals surface area contributed by atoms with Crippen LogP contribution in [0.4, 0.5) is 0 Å². The third-order valence-electron chi connectivity index (χ3n) is 2.48. The van der Waals surface area contributed by atoms with Crippen LogP contribution in [-0.2, 0) is 6.42 Å². The summed E-state index contributed by atoms with van der Waals surface area (Å²) in [6.07, 6.45) is 0.448. The zero-order chi connectivity index (χ0) is 11.7. The number of ketones is 1. The lowest BCUT2D eigenvalue weighted by molar-refractivity contribution is 0.0993. The number of carbonyl (C=O) groups excluding carboxylic acids is 1. The van der Waals surface area contributed by atoms with Gasteiger partial charge >= 0.3 is 0 Å². The lowest BCUT2D eigenvalue weighted by atomic mass is 10.2. The predicted molar refractivity (Wildman–Crippen MR) is 72.0 cm³/mol. The molecule has 0 unspecified atom stereocenters. The second-order valence-corrected chi connectivity index (χ2v) is 5.53. The average Bonchev–Trinajstić information content (AvgIpc) is 2.96. The van der Waals surface area contributed by atoms with Gasteiger partial charge in [0.25, 0.3) is 0 Å². The van der Waals surface area contributed by atoms with Gasteiger partial charge in [0.1, 0.15) is 0 Å². The van der Waals surface area contributed by atoms with Gasteiger partial charge in [0.15, 0.2) is 10.8 Å². The van der Waals surface area contributed by atoms with Gasteiger partial charge in [-0.15, -0.1) is 11.3 Å². The van der Waals surface area contributed by atoms with Gasteiger partial charge in [-0.3, -0.25) is 4.79 Å². The molecule has 3 rings (SSSR count). The number of carbonyl (C=O) groups is 1. The number of fused-ring (bicyclic) bond motifs is 1. The monoisotopic (exact) mass is 259 g/mol. The van der Waals surface area contributed by atoms with E-state index >= 15 is 0 Å². The summed E-state index contributed by atoms with van der Waals surface area (Å²) in [5.41, 5.74) is 1.98. The quantitative estimate of drug-likeness (QED) is 0.670. The first-order valence-corrected chi connectivity index (χ1v) is 6.99. The molecule has 0 atom stereocenters. The molecule has 0 saturated carbocycles. The van der Waals surface area contributed by atoms with E-state index in [0.29, 0.717) is 11.4 Å². The van der Waals surface area contributed by atoms with Gasteiger partial charge < -0.3 is 0 Å². The van der Waals surface area contributed by atoms with E-state index in [1.54, 1.807) is 11.3 Å². The molecule has 0 amide bonds. The molecule has 2 heterocycles. The van der Waals surface area contributed by atoms with Crippen molar-refractivity contribution in [1.29, 1.82) is 0 Å². The summed E-state index contributed by atoms with van der Waals surface area (Å²) in [7, 11) is 0. The number of rotatable bonds is 3. The Morgan fingerprint density at radius 3 is 2.88 bits per heavy atom. The highest BCUT2D eigenvalue weighted by Gasteiger charge is 2.12. The van der Waals surface area contributed by atoms with Gasteiger partial charge in [-0.2, -0.15) is 11.3 Å². The van der Waals surface area contributed by atoms with Gasteiger partial charge in [0, 0.05) is 6.42 Å². The van der Waals surface area contributed by atoms with E-state index in [0.717, 1.165) is 15.8 Å². The molecular formula is C13H9NOS2. The summed E-state index contributed by atoms with van der Waals surface area (Å²) in [4.78, 5) is 16.4. The van der Waals surface area contributed by atoms with Gasteiger partial charge in [-0.1, -0.05) is 12.1 Å². The largest absolute Gasteiger partial charge is 0.291 e. The summed E-state index contributed by atoms with van der Waals surface area (Å²) in [5, 5.41) is 4.60. The minimum Gasteiger partial charge on any atom is -0.291 e. The Morgan fingerprint density at radius 2 is 2.12 bits per heavy atom. The summed E-state index contributed by atoms with van der Waals surface area (Å²) in [6, 6.07) is 9.82. The van der Waals surface area contributed by atoms with Crippen molar-refractivity contribution < 1.29 is 4.79 Å². The molecule has 3 aromatic rings. The fraction of sp³-hybridized carbons (Fsp3) is 0.0769. The predicted octanol–water partition coefficient (Wildman–Crippen LogP) is 3.78. The highest BCUT2D eigenvalue weighted by Crippen LogP contribution is 2.23. The van der Waals surface area contributed by atoms with Crippen molar-refractivity contribution in [2.75, 3.05) is 0 Å². The number of nitrogens with zero attached hydrogens (tertiary/aromatic N) is 1. The Labute approximate surface area is 107 Å². The Bertz CT molecular complexity index is 622. The lowest BCUT2D eigenvalue weighted by Gasteiger charge is -1.92. The first-order chi connectivity index (χ1) is 8.33. The standard InChI is InChI=1S/C13H9NOS2/c15-11(7-9-5-6-16-8-9)13-14-10-3-1-2-4-12(10)17-13/h1-6,8H,7H2. The zero-order valence-corrected chi connectivity index (χ0v) is 10.6. The summed E-state index contributed by atoms with van der Waals surface area (Å²) in [5.74, 6) is 0.101. The van der Waals surface area contributed by atoms with Crippen molar-refractivity contribution >= 4 is 38.7 Å². The molecule has 0 N–H and O–H groups in total. The van der Waals surface area contributed by atoms with Crippen LogP contribution in [0, 0.1) is 0 Å². The Kier molecular flexibility index (Phi) is 2.74. The maximum Gasteiger partial charge on any atom is 0.195 e. The van der Waals surface area contributed by atoms with E-state index in [-0.39, 0.29) is 5.78 Å². The highest BCUT2D eigenvalue weighted by atomic mass is 32.1. The maximum absolute atomic E-state index is 12.0. The van der Waals surface area contributed by atoms with Crippen molar-refractivity contribution in [2.24, 2.45) is 0 Å². The molecule has 0 spiro atoms. The van der Waals surface area contributed by atoms with Crippen LogP contribution in [0.15, 0.2) is 41.1 Å². The molecule has 0 radical (unpaired) electrons. The summed E-state index contributed by atoms with van der Waals surface area (Å²) >= 11 is 3.08. The SMILES string of the molecule is O=C(Cc1ccsc1)c1nc2ccccc2s1. The van der Waals surface area contributed by atoms with E-state index in [9.17, 15) is 4.79 Å². The Hall–Kier alpha value is -1.52. The molecule has 0 aliphatic rings. The second kappa shape index (κ2) is 4.39. The first kappa shape index (κ1) is 10.6. The number of hydrogen-bond donors (Lipinski definition) is 0. The lowest BCUT2D eigenvalue weighted by Crippen LogP contribution is -2.01. The van der Waals surface area contributed by atoms with Gasteiger partial charge in [-0.25, -0.2) is 4.98 Å².